The Morgan fingerprint density at radius 1 is 0.821 bits per heavy atom. The summed E-state index contributed by atoms with van der Waals surface area (Å²) in [5, 5.41) is 9.31. The average molecular weight is 401 g/mol. The molecule has 1 aromatic carbocycles. The molecule has 0 bridgehead atoms. The minimum Gasteiger partial charge on any atom is -1.00 e. The van der Waals surface area contributed by atoms with Crippen LogP contribution < -0.4 is 34.3 Å². The Balaban J connectivity index is 0. The Hall–Kier alpha value is -0.510. The standard InChI is InChI=1S/C24H40O3.Na.H/c1-2-3-4-5-6-7-8-9-10-11-12-13-14-18-21-23(24(25)26)27-22-19-16-15-17-20-22;;/h15-17,19-20,23H,2-14,18,21H2,1H3,(H,25,26);;/q;+1;-1. The molecule has 28 heavy (non-hydrogen) atoms. The Kier molecular flexibility index (Phi) is 19.4. The normalized spacial score (nSPS) is 11.6. The third-order valence-corrected chi connectivity index (χ3v) is 5.12. The first-order valence-electron chi connectivity index (χ1n) is 11.2. The first-order chi connectivity index (χ1) is 13.2. The Morgan fingerprint density at radius 3 is 1.68 bits per heavy atom. The second kappa shape index (κ2) is 19.8. The fraction of sp³-hybridized carbons (Fsp3) is 0.708. The van der Waals surface area contributed by atoms with Crippen molar-refractivity contribution in [2.24, 2.45) is 0 Å². The number of benzene rings is 1. The van der Waals surface area contributed by atoms with Crippen LogP contribution in [-0.2, 0) is 4.79 Å². The fourth-order valence-corrected chi connectivity index (χ4v) is 3.42. The van der Waals surface area contributed by atoms with Gasteiger partial charge in [0.2, 0.25) is 0 Å². The van der Waals surface area contributed by atoms with Crippen molar-refractivity contribution in [2.45, 2.75) is 109 Å². The van der Waals surface area contributed by atoms with E-state index in [9.17, 15) is 9.90 Å². The molecule has 4 heteroatoms. The first kappa shape index (κ1) is 27.5. The van der Waals surface area contributed by atoms with E-state index in [0.29, 0.717) is 12.2 Å². The third kappa shape index (κ3) is 15.4. The van der Waals surface area contributed by atoms with E-state index >= 15 is 0 Å². The van der Waals surface area contributed by atoms with E-state index < -0.39 is 12.1 Å². The molecule has 3 nitrogen and oxygen atoms in total. The number of rotatable bonds is 18. The van der Waals surface area contributed by atoms with Crippen LogP contribution >= 0.6 is 0 Å². The summed E-state index contributed by atoms with van der Waals surface area (Å²) in [4.78, 5) is 11.3. The van der Waals surface area contributed by atoms with Gasteiger partial charge >= 0.3 is 35.5 Å². The van der Waals surface area contributed by atoms with E-state index in [1.54, 1.807) is 12.1 Å². The molecule has 156 valence electrons. The maximum absolute atomic E-state index is 11.3. The zero-order valence-electron chi connectivity index (χ0n) is 19.3. The monoisotopic (exact) mass is 400 g/mol. The maximum atomic E-state index is 11.3. The molecule has 1 atom stereocenters. The second-order valence-corrected chi connectivity index (χ2v) is 7.64. The van der Waals surface area contributed by atoms with Crippen LogP contribution in [0.25, 0.3) is 0 Å². The first-order valence-corrected chi connectivity index (χ1v) is 11.2. The predicted molar refractivity (Wildman–Crippen MR) is 115 cm³/mol. The molecule has 0 heterocycles. The molecule has 0 saturated heterocycles. The van der Waals surface area contributed by atoms with E-state index in [0.717, 1.165) is 12.8 Å². The van der Waals surface area contributed by atoms with Gasteiger partial charge in [-0.05, 0) is 25.0 Å². The van der Waals surface area contributed by atoms with E-state index in [-0.39, 0.29) is 31.0 Å². The SMILES string of the molecule is CCCCCCCCCCCCCCCCC(Oc1ccccc1)C(=O)O.[H-].[Na+]. The molecule has 1 N–H and O–H groups in total. The van der Waals surface area contributed by atoms with Gasteiger partial charge in [-0.1, -0.05) is 109 Å². The summed E-state index contributed by atoms with van der Waals surface area (Å²) in [6.07, 6.45) is 18.1. The summed E-state index contributed by atoms with van der Waals surface area (Å²) in [5.74, 6) is -0.233. The molecule has 0 aliphatic heterocycles. The zero-order valence-corrected chi connectivity index (χ0v) is 20.3. The largest absolute Gasteiger partial charge is 1.00 e. The number of carbonyl (C=O) groups is 1. The van der Waals surface area contributed by atoms with Gasteiger partial charge in [-0.25, -0.2) is 4.79 Å². The summed E-state index contributed by atoms with van der Waals surface area (Å²) in [6, 6.07) is 9.24. The van der Waals surface area contributed by atoms with Gasteiger partial charge in [0.1, 0.15) is 5.75 Å². The van der Waals surface area contributed by atoms with Gasteiger partial charge in [-0.2, -0.15) is 0 Å². The van der Waals surface area contributed by atoms with Crippen LogP contribution in [0.4, 0.5) is 0 Å². The summed E-state index contributed by atoms with van der Waals surface area (Å²) in [7, 11) is 0. The number of ether oxygens (including phenoxy) is 1. The van der Waals surface area contributed by atoms with Gasteiger partial charge in [0.15, 0.2) is 6.10 Å². The summed E-state index contributed by atoms with van der Waals surface area (Å²) < 4.78 is 5.59. The van der Waals surface area contributed by atoms with E-state index in [1.807, 2.05) is 18.2 Å². The molecule has 1 rings (SSSR count). The van der Waals surface area contributed by atoms with Crippen molar-refractivity contribution in [2.75, 3.05) is 0 Å². The molecule has 1 aromatic rings. The van der Waals surface area contributed by atoms with Crippen LogP contribution in [0.2, 0.25) is 0 Å². The quantitative estimate of drug-likeness (QED) is 0.291. The van der Waals surface area contributed by atoms with Gasteiger partial charge in [-0.15, -0.1) is 0 Å². The summed E-state index contributed by atoms with van der Waals surface area (Å²) in [6.45, 7) is 2.27. The van der Waals surface area contributed by atoms with Crippen LogP contribution in [0, 0.1) is 0 Å². The summed E-state index contributed by atoms with van der Waals surface area (Å²) in [5.41, 5.74) is 0. The maximum Gasteiger partial charge on any atom is 1.00 e. The van der Waals surface area contributed by atoms with Crippen LogP contribution in [0.15, 0.2) is 30.3 Å². The molecular weight excluding hydrogens is 359 g/mol. The molecule has 0 spiro atoms. The van der Waals surface area contributed by atoms with E-state index in [2.05, 4.69) is 6.92 Å². The summed E-state index contributed by atoms with van der Waals surface area (Å²) >= 11 is 0. The number of carboxylic acid groups (broad SMARTS) is 1. The van der Waals surface area contributed by atoms with Crippen LogP contribution in [-0.4, -0.2) is 17.2 Å². The molecule has 0 aliphatic carbocycles. The zero-order chi connectivity index (χ0) is 19.6. The smallest absolute Gasteiger partial charge is 1.00 e. The van der Waals surface area contributed by atoms with Gasteiger partial charge in [0, 0.05) is 0 Å². The van der Waals surface area contributed by atoms with Crippen molar-refractivity contribution in [1.82, 2.24) is 0 Å². The van der Waals surface area contributed by atoms with Crippen molar-refractivity contribution in [1.29, 1.82) is 0 Å². The molecule has 0 radical (unpaired) electrons. The molecule has 0 saturated carbocycles. The molecular formula is C24H41NaO3. The number of carboxylic acids is 1. The van der Waals surface area contributed by atoms with Gasteiger partial charge in [0.25, 0.3) is 0 Å². The van der Waals surface area contributed by atoms with Gasteiger partial charge < -0.3 is 11.3 Å². The predicted octanol–water partition coefficient (Wildman–Crippen LogP) is 4.51. The van der Waals surface area contributed by atoms with Crippen molar-refractivity contribution in [3.63, 3.8) is 0 Å². The van der Waals surface area contributed by atoms with Crippen molar-refractivity contribution in [3.05, 3.63) is 30.3 Å². The fourth-order valence-electron chi connectivity index (χ4n) is 3.42. The van der Waals surface area contributed by atoms with Gasteiger partial charge in [-0.3, -0.25) is 0 Å². The van der Waals surface area contributed by atoms with E-state index in [1.165, 1.54) is 77.0 Å². The van der Waals surface area contributed by atoms with Crippen molar-refractivity contribution in [3.8, 4) is 5.75 Å². The third-order valence-electron chi connectivity index (χ3n) is 5.12. The minimum absolute atomic E-state index is 0. The number of para-hydroxylation sites is 1. The van der Waals surface area contributed by atoms with Gasteiger partial charge in [0.05, 0.1) is 0 Å². The van der Waals surface area contributed by atoms with Crippen molar-refractivity contribution < 1.29 is 45.6 Å². The minimum atomic E-state index is -0.867. The van der Waals surface area contributed by atoms with Crippen molar-refractivity contribution >= 4 is 5.97 Å². The molecule has 0 aliphatic rings. The Labute approximate surface area is 196 Å². The Morgan fingerprint density at radius 2 is 1.25 bits per heavy atom. The number of unbranched alkanes of at least 4 members (excludes halogenated alkanes) is 13. The molecule has 0 fully saturated rings. The Bertz CT molecular complexity index is 470. The topological polar surface area (TPSA) is 46.5 Å². The van der Waals surface area contributed by atoms with Crippen LogP contribution in [0.3, 0.4) is 0 Å². The molecule has 1 unspecified atom stereocenters. The number of aliphatic carboxylic acids is 1. The van der Waals surface area contributed by atoms with Crippen LogP contribution in [0.1, 0.15) is 105 Å². The van der Waals surface area contributed by atoms with E-state index in [4.69, 9.17) is 4.74 Å². The molecule has 0 amide bonds. The number of hydrogen-bond donors (Lipinski definition) is 1. The van der Waals surface area contributed by atoms with Crippen LogP contribution in [0.5, 0.6) is 5.75 Å². The average Bonchev–Trinajstić information content (AvgIpc) is 2.68. The number of hydrogen-bond acceptors (Lipinski definition) is 2. The second-order valence-electron chi connectivity index (χ2n) is 7.64. The molecule has 0 aromatic heterocycles.